The van der Waals surface area contributed by atoms with Gasteiger partial charge in [-0.3, -0.25) is 4.79 Å². The number of hydrogen-bond acceptors (Lipinski definition) is 5. The average Bonchev–Trinajstić information content (AvgIpc) is 3.20. The maximum atomic E-state index is 12.6. The Morgan fingerprint density at radius 2 is 2.09 bits per heavy atom. The highest BCUT2D eigenvalue weighted by Crippen LogP contribution is 2.42. The molecule has 3 rings (SSSR count). The van der Waals surface area contributed by atoms with Gasteiger partial charge in [0.05, 0.1) is 0 Å². The highest BCUT2D eigenvalue weighted by Gasteiger charge is 2.50. The molecule has 1 aliphatic carbocycles. The molecule has 0 spiro atoms. The standard InChI is InChI=1S/C14H18N2O6S/c1-15-23(20,21)11-6-5-10(22-11)13(17)16-7-8-3-2-4-9(8)12(16)14(18)19/h5-6,8-9,12,15H,2-4,7H2,1H3,(H,18,19). The normalized spacial score (nSPS) is 27.2. The number of nitrogens with one attached hydrogen (secondary N) is 1. The van der Waals surface area contributed by atoms with Crippen molar-refractivity contribution in [3.63, 3.8) is 0 Å². The van der Waals surface area contributed by atoms with E-state index in [9.17, 15) is 23.1 Å². The van der Waals surface area contributed by atoms with E-state index in [1.165, 1.54) is 24.1 Å². The first kappa shape index (κ1) is 16.0. The SMILES string of the molecule is CNS(=O)(=O)c1ccc(C(=O)N2CC3CCCC3C2C(=O)O)o1. The minimum Gasteiger partial charge on any atom is -0.480 e. The van der Waals surface area contributed by atoms with Gasteiger partial charge < -0.3 is 14.4 Å². The van der Waals surface area contributed by atoms with Gasteiger partial charge in [-0.1, -0.05) is 6.42 Å². The van der Waals surface area contributed by atoms with E-state index in [1.807, 2.05) is 0 Å². The second-order valence-corrected chi connectivity index (χ2v) is 7.74. The lowest BCUT2D eigenvalue weighted by Crippen LogP contribution is -2.43. The fourth-order valence-electron chi connectivity index (χ4n) is 3.65. The van der Waals surface area contributed by atoms with Crippen LogP contribution in [0.15, 0.2) is 21.6 Å². The highest BCUT2D eigenvalue weighted by molar-refractivity contribution is 7.89. The zero-order chi connectivity index (χ0) is 16.8. The smallest absolute Gasteiger partial charge is 0.326 e. The summed E-state index contributed by atoms with van der Waals surface area (Å²) in [4.78, 5) is 25.4. The molecule has 0 aromatic carbocycles. The molecule has 0 radical (unpaired) electrons. The van der Waals surface area contributed by atoms with Gasteiger partial charge >= 0.3 is 5.97 Å². The van der Waals surface area contributed by atoms with E-state index in [4.69, 9.17) is 4.42 Å². The third-order valence-corrected chi connectivity index (χ3v) is 6.02. The largest absolute Gasteiger partial charge is 0.480 e. The summed E-state index contributed by atoms with van der Waals surface area (Å²) in [6.07, 6.45) is 2.69. The van der Waals surface area contributed by atoms with Gasteiger partial charge in [-0.05, 0) is 43.9 Å². The Balaban J connectivity index is 1.87. The lowest BCUT2D eigenvalue weighted by Gasteiger charge is -2.23. The van der Waals surface area contributed by atoms with Crippen LogP contribution in [0, 0.1) is 11.8 Å². The first-order valence-corrected chi connectivity index (χ1v) is 8.90. The fraction of sp³-hybridized carbons (Fsp3) is 0.571. The van der Waals surface area contributed by atoms with Crippen LogP contribution in [-0.2, 0) is 14.8 Å². The van der Waals surface area contributed by atoms with Gasteiger partial charge in [0.2, 0.25) is 5.09 Å². The number of fused-ring (bicyclic) bond motifs is 1. The van der Waals surface area contributed by atoms with Crippen LogP contribution in [-0.4, -0.2) is 49.9 Å². The molecular weight excluding hydrogens is 324 g/mol. The van der Waals surface area contributed by atoms with Gasteiger partial charge in [0.25, 0.3) is 15.9 Å². The number of likely N-dealkylation sites (tertiary alicyclic amines) is 1. The van der Waals surface area contributed by atoms with Gasteiger partial charge in [0.15, 0.2) is 5.76 Å². The summed E-state index contributed by atoms with van der Waals surface area (Å²) in [6, 6.07) is 1.58. The number of carboxylic acid groups (broad SMARTS) is 1. The molecule has 3 atom stereocenters. The van der Waals surface area contributed by atoms with Crippen LogP contribution in [0.4, 0.5) is 0 Å². The van der Waals surface area contributed by atoms with E-state index < -0.39 is 27.9 Å². The molecule has 126 valence electrons. The lowest BCUT2D eigenvalue weighted by molar-refractivity contribution is -0.142. The molecule has 1 aromatic heterocycles. The van der Waals surface area contributed by atoms with Crippen molar-refractivity contribution in [2.24, 2.45) is 11.8 Å². The molecule has 2 fully saturated rings. The van der Waals surface area contributed by atoms with E-state index in [0.29, 0.717) is 6.54 Å². The van der Waals surface area contributed by atoms with Crippen LogP contribution in [0.2, 0.25) is 0 Å². The van der Waals surface area contributed by atoms with Crippen LogP contribution in [0.3, 0.4) is 0 Å². The molecule has 0 bridgehead atoms. The van der Waals surface area contributed by atoms with E-state index >= 15 is 0 Å². The molecule has 2 N–H and O–H groups in total. The Labute approximate surface area is 133 Å². The van der Waals surface area contributed by atoms with Crippen molar-refractivity contribution in [3.8, 4) is 0 Å². The molecule has 2 aliphatic rings. The number of carbonyl (C=O) groups is 2. The molecule has 1 aromatic rings. The van der Waals surface area contributed by atoms with Crippen LogP contribution in [0.1, 0.15) is 29.8 Å². The van der Waals surface area contributed by atoms with Crippen LogP contribution in [0.25, 0.3) is 0 Å². The topological polar surface area (TPSA) is 117 Å². The predicted octanol–water partition coefficient (Wildman–Crippen LogP) is 0.513. The van der Waals surface area contributed by atoms with Gasteiger partial charge in [-0.25, -0.2) is 17.9 Å². The minimum atomic E-state index is -3.78. The van der Waals surface area contributed by atoms with Crippen molar-refractivity contribution in [1.29, 1.82) is 0 Å². The molecule has 8 nitrogen and oxygen atoms in total. The van der Waals surface area contributed by atoms with Crippen molar-refractivity contribution < 1.29 is 27.5 Å². The molecule has 1 saturated carbocycles. The number of rotatable bonds is 4. The van der Waals surface area contributed by atoms with E-state index in [0.717, 1.165) is 19.3 Å². The lowest BCUT2D eigenvalue weighted by atomic mass is 9.94. The molecule has 3 unspecified atom stereocenters. The van der Waals surface area contributed by atoms with Crippen molar-refractivity contribution in [1.82, 2.24) is 9.62 Å². The van der Waals surface area contributed by atoms with Crippen molar-refractivity contribution in [2.45, 2.75) is 30.4 Å². The summed E-state index contributed by atoms with van der Waals surface area (Å²) in [7, 11) is -2.55. The third-order valence-electron chi connectivity index (χ3n) is 4.73. The molecule has 2 heterocycles. The van der Waals surface area contributed by atoms with Gasteiger partial charge in [-0.15, -0.1) is 0 Å². The monoisotopic (exact) mass is 342 g/mol. The zero-order valence-corrected chi connectivity index (χ0v) is 13.4. The van der Waals surface area contributed by atoms with Crippen molar-refractivity contribution >= 4 is 21.9 Å². The molecule has 9 heteroatoms. The molecular formula is C14H18N2O6S. The summed E-state index contributed by atoms with van der Waals surface area (Å²) in [6.45, 7) is 0.370. The molecule has 1 amide bonds. The number of nitrogens with zero attached hydrogens (tertiary/aromatic N) is 1. The summed E-state index contributed by atoms with van der Waals surface area (Å²) in [5, 5.41) is 9.10. The van der Waals surface area contributed by atoms with Crippen LogP contribution >= 0.6 is 0 Å². The number of carboxylic acids is 1. The number of furan rings is 1. The number of amides is 1. The van der Waals surface area contributed by atoms with Crippen LogP contribution in [0.5, 0.6) is 0 Å². The zero-order valence-electron chi connectivity index (χ0n) is 12.6. The summed E-state index contributed by atoms with van der Waals surface area (Å²) in [5.74, 6) is -1.61. The number of carbonyl (C=O) groups excluding carboxylic acids is 1. The summed E-state index contributed by atoms with van der Waals surface area (Å²) < 4.78 is 30.6. The average molecular weight is 342 g/mol. The molecule has 23 heavy (non-hydrogen) atoms. The highest BCUT2D eigenvalue weighted by atomic mass is 32.2. The Bertz CT molecular complexity index is 740. The number of hydrogen-bond donors (Lipinski definition) is 2. The maximum absolute atomic E-state index is 12.6. The van der Waals surface area contributed by atoms with Crippen molar-refractivity contribution in [2.75, 3.05) is 13.6 Å². The van der Waals surface area contributed by atoms with Gasteiger partial charge in [0.1, 0.15) is 6.04 Å². The van der Waals surface area contributed by atoms with E-state index in [2.05, 4.69) is 4.72 Å². The first-order valence-electron chi connectivity index (χ1n) is 7.42. The summed E-state index contributed by atoms with van der Waals surface area (Å²) in [5.41, 5.74) is 0. The van der Waals surface area contributed by atoms with Gasteiger partial charge in [-0.2, -0.15) is 0 Å². The van der Waals surface area contributed by atoms with E-state index in [-0.39, 0.29) is 22.7 Å². The second-order valence-electron chi connectivity index (χ2n) is 5.92. The molecule has 1 aliphatic heterocycles. The Morgan fingerprint density at radius 1 is 1.35 bits per heavy atom. The minimum absolute atomic E-state index is 0.0353. The van der Waals surface area contributed by atoms with Crippen molar-refractivity contribution in [3.05, 3.63) is 17.9 Å². The Morgan fingerprint density at radius 3 is 2.74 bits per heavy atom. The fourth-order valence-corrected chi connectivity index (χ4v) is 4.30. The maximum Gasteiger partial charge on any atom is 0.326 e. The Kier molecular flexibility index (Phi) is 3.93. The second kappa shape index (κ2) is 5.64. The third kappa shape index (κ3) is 2.63. The predicted molar refractivity (Wildman–Crippen MR) is 78.2 cm³/mol. The quantitative estimate of drug-likeness (QED) is 0.823. The van der Waals surface area contributed by atoms with Gasteiger partial charge in [0, 0.05) is 6.54 Å². The first-order chi connectivity index (χ1) is 10.8. The Hall–Kier alpha value is -1.87. The number of sulfonamides is 1. The molecule has 1 saturated heterocycles. The number of aliphatic carboxylic acids is 1. The van der Waals surface area contributed by atoms with E-state index in [1.54, 1.807) is 0 Å². The van der Waals surface area contributed by atoms with Crippen LogP contribution < -0.4 is 4.72 Å². The summed E-state index contributed by atoms with van der Waals surface area (Å²) >= 11 is 0.